The average Bonchev–Trinajstić information content (AvgIpc) is 2.93. The average molecular weight is 360 g/mol. The van der Waals surface area contributed by atoms with Gasteiger partial charge in [0.1, 0.15) is 10.6 Å². The molecular formula is C19H18ClNO2S. The van der Waals surface area contributed by atoms with Crippen LogP contribution in [0.4, 0.5) is 0 Å². The number of nitrogens with one attached hydrogen (secondary N) is 1. The Morgan fingerprint density at radius 1 is 1.21 bits per heavy atom. The van der Waals surface area contributed by atoms with Crippen LogP contribution in [-0.4, -0.2) is 19.6 Å². The van der Waals surface area contributed by atoms with E-state index in [0.29, 0.717) is 16.4 Å². The van der Waals surface area contributed by atoms with E-state index in [0.717, 1.165) is 33.4 Å². The molecule has 1 heterocycles. The molecule has 5 heteroatoms. The first-order valence-corrected chi connectivity index (χ1v) is 8.88. The third-order valence-electron chi connectivity index (χ3n) is 3.93. The molecule has 0 radical (unpaired) electrons. The number of rotatable bonds is 5. The largest absolute Gasteiger partial charge is 0.497 e. The molecule has 0 aliphatic rings. The van der Waals surface area contributed by atoms with Crippen LogP contribution in [0.25, 0.3) is 10.1 Å². The highest BCUT2D eigenvalue weighted by Gasteiger charge is 2.17. The van der Waals surface area contributed by atoms with Gasteiger partial charge in [-0.25, -0.2) is 0 Å². The van der Waals surface area contributed by atoms with Gasteiger partial charge in [0.25, 0.3) is 5.91 Å². The van der Waals surface area contributed by atoms with E-state index >= 15 is 0 Å². The zero-order valence-corrected chi connectivity index (χ0v) is 15.1. The second-order valence-electron chi connectivity index (χ2n) is 5.55. The maximum absolute atomic E-state index is 12.4. The van der Waals surface area contributed by atoms with E-state index in [9.17, 15) is 4.79 Å². The second-order valence-corrected chi connectivity index (χ2v) is 6.98. The molecule has 3 nitrogen and oxygen atoms in total. The van der Waals surface area contributed by atoms with Crippen molar-refractivity contribution in [2.24, 2.45) is 0 Å². The van der Waals surface area contributed by atoms with Crippen LogP contribution in [0.1, 0.15) is 20.8 Å². The Hall–Kier alpha value is -2.04. The number of amides is 1. The topological polar surface area (TPSA) is 38.3 Å². The number of halogens is 1. The third-order valence-corrected chi connectivity index (χ3v) is 5.57. The Morgan fingerprint density at radius 3 is 2.62 bits per heavy atom. The molecule has 0 spiro atoms. The Balaban J connectivity index is 1.67. The summed E-state index contributed by atoms with van der Waals surface area (Å²) in [6.07, 6.45) is 0.761. The molecule has 0 atom stereocenters. The highest BCUT2D eigenvalue weighted by molar-refractivity contribution is 7.21. The van der Waals surface area contributed by atoms with Crippen molar-refractivity contribution in [3.8, 4) is 5.75 Å². The van der Waals surface area contributed by atoms with Gasteiger partial charge in [-0.15, -0.1) is 11.3 Å². The SMILES string of the molecule is COc1ccc(CCNC(=O)c2sc3cccc(C)c3c2Cl)cc1. The molecule has 0 fully saturated rings. The molecule has 0 saturated heterocycles. The van der Waals surface area contributed by atoms with Gasteiger partial charge in [-0.3, -0.25) is 4.79 Å². The van der Waals surface area contributed by atoms with Crippen LogP contribution in [0, 0.1) is 6.92 Å². The van der Waals surface area contributed by atoms with E-state index < -0.39 is 0 Å². The summed E-state index contributed by atoms with van der Waals surface area (Å²) in [5.74, 6) is 0.712. The maximum Gasteiger partial charge on any atom is 0.262 e. The summed E-state index contributed by atoms with van der Waals surface area (Å²) in [5.41, 5.74) is 2.24. The third kappa shape index (κ3) is 3.40. The van der Waals surface area contributed by atoms with Gasteiger partial charge in [0.05, 0.1) is 12.1 Å². The summed E-state index contributed by atoms with van der Waals surface area (Å²) in [6, 6.07) is 13.8. The molecule has 0 unspecified atom stereocenters. The zero-order chi connectivity index (χ0) is 17.1. The monoisotopic (exact) mass is 359 g/mol. The van der Waals surface area contributed by atoms with E-state index in [1.165, 1.54) is 11.3 Å². The van der Waals surface area contributed by atoms with Gasteiger partial charge in [-0.05, 0) is 42.7 Å². The van der Waals surface area contributed by atoms with Gasteiger partial charge in [-0.2, -0.15) is 0 Å². The number of aryl methyl sites for hydroxylation is 1. The van der Waals surface area contributed by atoms with Crippen LogP contribution in [0.3, 0.4) is 0 Å². The lowest BCUT2D eigenvalue weighted by Gasteiger charge is -2.05. The van der Waals surface area contributed by atoms with Crippen LogP contribution >= 0.6 is 22.9 Å². The minimum absolute atomic E-state index is 0.117. The highest BCUT2D eigenvalue weighted by Crippen LogP contribution is 2.37. The van der Waals surface area contributed by atoms with Crippen molar-refractivity contribution in [2.75, 3.05) is 13.7 Å². The van der Waals surface area contributed by atoms with Crippen LogP contribution in [-0.2, 0) is 6.42 Å². The number of carbonyl (C=O) groups is 1. The fourth-order valence-electron chi connectivity index (χ4n) is 2.61. The summed E-state index contributed by atoms with van der Waals surface area (Å²) in [5, 5.41) is 4.48. The molecule has 0 bridgehead atoms. The number of fused-ring (bicyclic) bond motifs is 1. The fraction of sp³-hybridized carbons (Fsp3) is 0.211. The smallest absolute Gasteiger partial charge is 0.262 e. The van der Waals surface area contributed by atoms with Gasteiger partial charge >= 0.3 is 0 Å². The predicted molar refractivity (Wildman–Crippen MR) is 101 cm³/mol. The molecule has 1 amide bonds. The molecule has 0 aliphatic carbocycles. The first-order chi connectivity index (χ1) is 11.6. The van der Waals surface area contributed by atoms with E-state index in [1.807, 2.05) is 49.4 Å². The molecule has 1 N–H and O–H groups in total. The summed E-state index contributed by atoms with van der Waals surface area (Å²) >= 11 is 7.86. The molecule has 3 aromatic rings. The van der Waals surface area contributed by atoms with Crippen LogP contribution in [0.15, 0.2) is 42.5 Å². The van der Waals surface area contributed by atoms with Crippen molar-refractivity contribution in [3.05, 3.63) is 63.5 Å². The first-order valence-electron chi connectivity index (χ1n) is 7.69. The molecule has 124 valence electrons. The lowest BCUT2D eigenvalue weighted by atomic mass is 10.1. The lowest BCUT2D eigenvalue weighted by molar-refractivity contribution is 0.0958. The number of hydrogen-bond acceptors (Lipinski definition) is 3. The van der Waals surface area contributed by atoms with Gasteiger partial charge in [0.2, 0.25) is 0 Å². The summed E-state index contributed by atoms with van der Waals surface area (Å²) in [6.45, 7) is 2.57. The molecule has 1 aromatic heterocycles. The molecule has 0 saturated carbocycles. The maximum atomic E-state index is 12.4. The Kier molecular flexibility index (Phi) is 5.07. The van der Waals surface area contributed by atoms with Crippen molar-refractivity contribution in [2.45, 2.75) is 13.3 Å². The van der Waals surface area contributed by atoms with Crippen molar-refractivity contribution in [1.29, 1.82) is 0 Å². The quantitative estimate of drug-likeness (QED) is 0.707. The summed E-state index contributed by atoms with van der Waals surface area (Å²) < 4.78 is 6.18. The number of methoxy groups -OCH3 is 1. The normalized spacial score (nSPS) is 10.8. The van der Waals surface area contributed by atoms with Gasteiger partial charge in [0.15, 0.2) is 0 Å². The minimum Gasteiger partial charge on any atom is -0.497 e. The predicted octanol–water partition coefficient (Wildman–Crippen LogP) is 4.84. The molecule has 0 aliphatic heterocycles. The van der Waals surface area contributed by atoms with Crippen LogP contribution < -0.4 is 10.1 Å². The van der Waals surface area contributed by atoms with Gasteiger partial charge in [-0.1, -0.05) is 35.9 Å². The number of thiophene rings is 1. The molecule has 3 rings (SSSR count). The van der Waals surface area contributed by atoms with E-state index in [-0.39, 0.29) is 5.91 Å². The lowest BCUT2D eigenvalue weighted by Crippen LogP contribution is -2.25. The highest BCUT2D eigenvalue weighted by atomic mass is 35.5. The summed E-state index contributed by atoms with van der Waals surface area (Å²) in [7, 11) is 1.64. The number of benzene rings is 2. The van der Waals surface area contributed by atoms with Crippen molar-refractivity contribution in [1.82, 2.24) is 5.32 Å². The standard InChI is InChI=1S/C19H18ClNO2S/c1-12-4-3-5-15-16(12)17(20)18(24-15)19(22)21-11-10-13-6-8-14(23-2)9-7-13/h3-9H,10-11H2,1-2H3,(H,21,22). The van der Waals surface area contributed by atoms with Crippen LogP contribution in [0.5, 0.6) is 5.75 Å². The second kappa shape index (κ2) is 7.24. The number of hydrogen-bond donors (Lipinski definition) is 1. The Morgan fingerprint density at radius 2 is 1.96 bits per heavy atom. The van der Waals surface area contributed by atoms with E-state index in [1.54, 1.807) is 7.11 Å². The fourth-order valence-corrected chi connectivity index (χ4v) is 4.21. The number of ether oxygens (including phenoxy) is 1. The molecule has 24 heavy (non-hydrogen) atoms. The molecule has 2 aromatic carbocycles. The zero-order valence-electron chi connectivity index (χ0n) is 13.6. The van der Waals surface area contributed by atoms with Crippen molar-refractivity contribution in [3.63, 3.8) is 0 Å². The van der Waals surface area contributed by atoms with E-state index in [4.69, 9.17) is 16.3 Å². The van der Waals surface area contributed by atoms with Gasteiger partial charge in [0, 0.05) is 16.6 Å². The van der Waals surface area contributed by atoms with Gasteiger partial charge < -0.3 is 10.1 Å². The minimum atomic E-state index is -0.117. The summed E-state index contributed by atoms with van der Waals surface area (Å²) in [4.78, 5) is 13.0. The number of carbonyl (C=O) groups excluding carboxylic acids is 1. The van der Waals surface area contributed by atoms with Crippen molar-refractivity contribution < 1.29 is 9.53 Å². The Labute approximate surface area is 150 Å². The Bertz CT molecular complexity index is 871. The van der Waals surface area contributed by atoms with Crippen LogP contribution in [0.2, 0.25) is 5.02 Å². The van der Waals surface area contributed by atoms with Crippen molar-refractivity contribution >= 4 is 38.9 Å². The first kappa shape index (κ1) is 16.8. The molecular weight excluding hydrogens is 342 g/mol. The van der Waals surface area contributed by atoms with E-state index in [2.05, 4.69) is 5.32 Å².